The molecule has 4 heteroatoms. The molecule has 1 aliphatic rings. The fourth-order valence-electron chi connectivity index (χ4n) is 2.80. The molecule has 1 fully saturated rings. The Bertz CT molecular complexity index is 393. The van der Waals surface area contributed by atoms with Crippen molar-refractivity contribution in [3.63, 3.8) is 0 Å². The van der Waals surface area contributed by atoms with Crippen molar-refractivity contribution < 1.29 is 0 Å². The second kappa shape index (κ2) is 6.55. The third-order valence-electron chi connectivity index (χ3n) is 4.35. The molecule has 2 nitrogen and oxygen atoms in total. The minimum absolute atomic E-state index is 0.532. The van der Waals surface area contributed by atoms with Crippen molar-refractivity contribution in [2.75, 3.05) is 13.6 Å². The highest BCUT2D eigenvalue weighted by atomic mass is 35.5. The Hall–Kier alpha value is -0.120. The minimum Gasteiger partial charge on any atom is -0.303 e. The highest BCUT2D eigenvalue weighted by Crippen LogP contribution is 2.36. The summed E-state index contributed by atoms with van der Waals surface area (Å²) in [5.41, 5.74) is 1.57. The van der Waals surface area contributed by atoms with Crippen LogP contribution in [-0.2, 0) is 12.3 Å². The number of hydrogen-bond acceptors (Lipinski definition) is 3. The zero-order chi connectivity index (χ0) is 13.9. The number of likely N-dealkylation sites (N-methyl/N-ethyl adjacent to an activating group) is 1. The maximum atomic E-state index is 5.79. The van der Waals surface area contributed by atoms with E-state index in [1.807, 2.05) is 0 Å². The topological polar surface area (TPSA) is 16.1 Å². The van der Waals surface area contributed by atoms with Crippen LogP contribution in [0.2, 0.25) is 0 Å². The summed E-state index contributed by atoms with van der Waals surface area (Å²) in [5, 5.41) is 3.30. The summed E-state index contributed by atoms with van der Waals surface area (Å²) in [7, 11) is 2.26. The van der Waals surface area contributed by atoms with Crippen molar-refractivity contribution in [2.24, 2.45) is 5.41 Å². The lowest BCUT2D eigenvalue weighted by atomic mass is 9.75. The van der Waals surface area contributed by atoms with Gasteiger partial charge in [-0.1, -0.05) is 13.8 Å². The summed E-state index contributed by atoms with van der Waals surface area (Å²) in [6.45, 7) is 5.90. The van der Waals surface area contributed by atoms with E-state index in [0.717, 1.165) is 24.7 Å². The fraction of sp³-hybridized carbons (Fsp3) is 0.800. The molecule has 0 atom stereocenters. The number of thiazole rings is 1. The van der Waals surface area contributed by atoms with Gasteiger partial charge in [-0.15, -0.1) is 22.9 Å². The second-order valence-electron chi connectivity index (χ2n) is 6.49. The third-order valence-corrected chi connectivity index (χ3v) is 5.58. The predicted octanol–water partition coefficient (Wildman–Crippen LogP) is 4.33. The molecule has 0 aliphatic heterocycles. The number of aromatic nitrogens is 1. The van der Waals surface area contributed by atoms with Crippen LogP contribution in [0, 0.1) is 5.41 Å². The average Bonchev–Trinajstić information content (AvgIpc) is 2.84. The summed E-state index contributed by atoms with van der Waals surface area (Å²) in [4.78, 5) is 7.05. The zero-order valence-corrected chi connectivity index (χ0v) is 13.9. The van der Waals surface area contributed by atoms with Gasteiger partial charge >= 0.3 is 0 Å². The quantitative estimate of drug-likeness (QED) is 0.753. The van der Waals surface area contributed by atoms with Crippen LogP contribution in [0.1, 0.15) is 50.2 Å². The predicted molar refractivity (Wildman–Crippen MR) is 84.0 cm³/mol. The van der Waals surface area contributed by atoms with Gasteiger partial charge in [-0.05, 0) is 38.1 Å². The van der Waals surface area contributed by atoms with Gasteiger partial charge in [0.25, 0.3) is 0 Å². The van der Waals surface area contributed by atoms with Crippen LogP contribution in [0.5, 0.6) is 0 Å². The van der Waals surface area contributed by atoms with Crippen LogP contribution in [0.15, 0.2) is 5.38 Å². The molecule has 1 saturated carbocycles. The van der Waals surface area contributed by atoms with Gasteiger partial charge in [-0.3, -0.25) is 0 Å². The van der Waals surface area contributed by atoms with Crippen molar-refractivity contribution in [2.45, 2.75) is 57.9 Å². The highest BCUT2D eigenvalue weighted by molar-refractivity contribution is 7.09. The summed E-state index contributed by atoms with van der Waals surface area (Å²) in [6.07, 6.45) is 6.45. The molecule has 1 heterocycles. The standard InChI is InChI=1S/C15H25ClN2S/c1-15(2)7-4-13(5-8-15)18(3)9-6-14-17-12(10-16)11-19-14/h11,13H,4-10H2,1-3H3. The SMILES string of the molecule is CN(CCc1nc(CCl)cs1)C1CCC(C)(C)CC1. The van der Waals surface area contributed by atoms with Gasteiger partial charge in [-0.2, -0.15) is 0 Å². The van der Waals surface area contributed by atoms with Gasteiger partial charge in [0.1, 0.15) is 0 Å². The first-order valence-electron chi connectivity index (χ1n) is 7.20. The zero-order valence-electron chi connectivity index (χ0n) is 12.3. The first-order valence-corrected chi connectivity index (χ1v) is 8.61. The number of nitrogens with zero attached hydrogens (tertiary/aromatic N) is 2. The molecule has 0 unspecified atom stereocenters. The van der Waals surface area contributed by atoms with Gasteiger partial charge in [0.2, 0.25) is 0 Å². The third kappa shape index (κ3) is 4.44. The Labute approximate surface area is 126 Å². The van der Waals surface area contributed by atoms with Crippen molar-refractivity contribution in [3.05, 3.63) is 16.1 Å². The van der Waals surface area contributed by atoms with E-state index in [2.05, 4.69) is 36.2 Å². The lowest BCUT2D eigenvalue weighted by Gasteiger charge is -2.38. The highest BCUT2D eigenvalue weighted by Gasteiger charge is 2.28. The molecule has 0 bridgehead atoms. The van der Waals surface area contributed by atoms with E-state index < -0.39 is 0 Å². The number of rotatable bonds is 5. The lowest BCUT2D eigenvalue weighted by Crippen LogP contribution is -2.38. The van der Waals surface area contributed by atoms with Gasteiger partial charge in [0.05, 0.1) is 16.6 Å². The molecule has 1 aliphatic carbocycles. The lowest BCUT2D eigenvalue weighted by molar-refractivity contribution is 0.128. The van der Waals surface area contributed by atoms with Crippen molar-refractivity contribution in [3.8, 4) is 0 Å². The summed E-state index contributed by atoms with van der Waals surface area (Å²) in [5.74, 6) is 0.532. The number of halogens is 1. The van der Waals surface area contributed by atoms with E-state index in [1.165, 1.54) is 30.7 Å². The Morgan fingerprint density at radius 2 is 2.11 bits per heavy atom. The first-order chi connectivity index (χ1) is 9.00. The van der Waals surface area contributed by atoms with Crippen molar-refractivity contribution >= 4 is 22.9 Å². The van der Waals surface area contributed by atoms with Crippen LogP contribution in [0.3, 0.4) is 0 Å². The van der Waals surface area contributed by atoms with E-state index in [0.29, 0.717) is 11.3 Å². The molecular formula is C15H25ClN2S. The summed E-state index contributed by atoms with van der Waals surface area (Å²) in [6, 6.07) is 0.764. The van der Waals surface area contributed by atoms with E-state index in [4.69, 9.17) is 11.6 Å². The van der Waals surface area contributed by atoms with E-state index in [1.54, 1.807) is 11.3 Å². The minimum atomic E-state index is 0.532. The van der Waals surface area contributed by atoms with Crippen LogP contribution in [-0.4, -0.2) is 29.5 Å². The monoisotopic (exact) mass is 300 g/mol. The number of hydrogen-bond donors (Lipinski definition) is 0. The Balaban J connectivity index is 1.77. The molecule has 0 radical (unpaired) electrons. The van der Waals surface area contributed by atoms with Gasteiger partial charge in [0, 0.05) is 24.4 Å². The van der Waals surface area contributed by atoms with E-state index in [9.17, 15) is 0 Å². The van der Waals surface area contributed by atoms with E-state index in [-0.39, 0.29) is 0 Å². The average molecular weight is 301 g/mol. The van der Waals surface area contributed by atoms with Crippen LogP contribution in [0.25, 0.3) is 0 Å². The summed E-state index contributed by atoms with van der Waals surface area (Å²) >= 11 is 7.53. The molecule has 1 aromatic rings. The molecule has 0 aromatic carbocycles. The Morgan fingerprint density at radius 1 is 1.42 bits per heavy atom. The van der Waals surface area contributed by atoms with Crippen molar-refractivity contribution in [1.82, 2.24) is 9.88 Å². The molecule has 0 saturated heterocycles. The Morgan fingerprint density at radius 3 is 2.68 bits per heavy atom. The van der Waals surface area contributed by atoms with Crippen LogP contribution < -0.4 is 0 Å². The van der Waals surface area contributed by atoms with E-state index >= 15 is 0 Å². The second-order valence-corrected chi connectivity index (χ2v) is 7.70. The maximum Gasteiger partial charge on any atom is 0.0941 e. The van der Waals surface area contributed by atoms with Gasteiger partial charge in [-0.25, -0.2) is 4.98 Å². The molecule has 0 N–H and O–H groups in total. The van der Waals surface area contributed by atoms with Gasteiger partial charge in [0.15, 0.2) is 0 Å². The molecule has 2 rings (SSSR count). The van der Waals surface area contributed by atoms with Crippen LogP contribution >= 0.6 is 22.9 Å². The molecule has 1 aromatic heterocycles. The molecule has 19 heavy (non-hydrogen) atoms. The van der Waals surface area contributed by atoms with Crippen molar-refractivity contribution in [1.29, 1.82) is 0 Å². The fourth-order valence-corrected chi connectivity index (χ4v) is 3.82. The molecular weight excluding hydrogens is 276 g/mol. The molecule has 0 amide bonds. The smallest absolute Gasteiger partial charge is 0.0941 e. The maximum absolute atomic E-state index is 5.79. The largest absolute Gasteiger partial charge is 0.303 e. The summed E-state index contributed by atoms with van der Waals surface area (Å²) < 4.78 is 0. The Kier molecular flexibility index (Phi) is 5.27. The molecule has 0 spiro atoms. The van der Waals surface area contributed by atoms with Gasteiger partial charge < -0.3 is 4.90 Å². The molecule has 108 valence electrons. The van der Waals surface area contributed by atoms with Crippen LogP contribution in [0.4, 0.5) is 0 Å². The first kappa shape index (κ1) is 15.3. The normalized spacial score (nSPS) is 20.1. The number of alkyl halides is 1.